The molecule has 1 aromatic carbocycles. The summed E-state index contributed by atoms with van der Waals surface area (Å²) in [7, 11) is 1.51. The zero-order valence-corrected chi connectivity index (χ0v) is 16.8. The van der Waals surface area contributed by atoms with Gasteiger partial charge in [-0.3, -0.25) is 9.59 Å². The summed E-state index contributed by atoms with van der Waals surface area (Å²) >= 11 is 0. The first-order chi connectivity index (χ1) is 12.1. The number of fused-ring (bicyclic) bond motifs is 1. The molecule has 1 heterocycles. The van der Waals surface area contributed by atoms with Crippen LogP contribution in [0.25, 0.3) is 0 Å². The Hall–Kier alpha value is -1.68. The quantitative estimate of drug-likeness (QED) is 0.573. The number of hydrogen-bond donors (Lipinski definition) is 0. The molecular formula is C22H30O4. The van der Waals surface area contributed by atoms with Crippen LogP contribution in [0.5, 0.6) is 0 Å². The predicted molar refractivity (Wildman–Crippen MR) is 100 cm³/mol. The summed E-state index contributed by atoms with van der Waals surface area (Å²) in [6, 6.07) is 3.91. The minimum atomic E-state index is -1.23. The standard InChI is InChI=1S/C22H30O4/c1-14-17-16(21(4)11-7-10-20(2,3)13-21)9-8-15(12-23)18(17)22(5,25-6)26-19(14)24/h8-9,12,14H,7,10-11,13H2,1-6H3/t14-,21+,22-/m1/s1. The fourth-order valence-corrected chi connectivity index (χ4v) is 5.23. The van der Waals surface area contributed by atoms with Gasteiger partial charge in [0.15, 0.2) is 6.29 Å². The van der Waals surface area contributed by atoms with Crippen molar-refractivity contribution in [2.24, 2.45) is 5.41 Å². The number of hydrogen-bond acceptors (Lipinski definition) is 4. The Labute approximate surface area is 156 Å². The summed E-state index contributed by atoms with van der Waals surface area (Å²) in [5, 5.41) is 0. The zero-order valence-electron chi connectivity index (χ0n) is 16.8. The third-order valence-electron chi connectivity index (χ3n) is 6.43. The van der Waals surface area contributed by atoms with Gasteiger partial charge in [-0.15, -0.1) is 0 Å². The van der Waals surface area contributed by atoms with Crippen LogP contribution in [0.3, 0.4) is 0 Å². The second kappa shape index (κ2) is 6.19. The number of carbonyl (C=O) groups excluding carboxylic acids is 2. The average molecular weight is 358 g/mol. The first-order valence-corrected chi connectivity index (χ1v) is 9.48. The van der Waals surface area contributed by atoms with Gasteiger partial charge in [0.25, 0.3) is 0 Å². The molecule has 1 fully saturated rings. The highest BCUT2D eigenvalue weighted by Gasteiger charge is 2.48. The molecule has 4 heteroatoms. The first-order valence-electron chi connectivity index (χ1n) is 9.48. The van der Waals surface area contributed by atoms with Crippen LogP contribution in [0, 0.1) is 5.41 Å². The van der Waals surface area contributed by atoms with E-state index < -0.39 is 11.7 Å². The maximum Gasteiger partial charge on any atom is 0.315 e. The summed E-state index contributed by atoms with van der Waals surface area (Å²) < 4.78 is 11.2. The monoisotopic (exact) mass is 358 g/mol. The lowest BCUT2D eigenvalue weighted by Crippen LogP contribution is -2.43. The van der Waals surface area contributed by atoms with Crippen molar-refractivity contribution in [1.29, 1.82) is 0 Å². The van der Waals surface area contributed by atoms with Gasteiger partial charge < -0.3 is 9.47 Å². The summed E-state index contributed by atoms with van der Waals surface area (Å²) in [6.07, 6.45) is 5.34. The number of ether oxygens (including phenoxy) is 2. The molecule has 0 N–H and O–H groups in total. The van der Waals surface area contributed by atoms with Crippen molar-refractivity contribution in [3.05, 3.63) is 34.4 Å². The molecule has 3 rings (SSSR count). The van der Waals surface area contributed by atoms with E-state index in [1.165, 1.54) is 19.1 Å². The Kier molecular flexibility index (Phi) is 4.55. The van der Waals surface area contributed by atoms with Crippen LogP contribution in [-0.2, 0) is 25.5 Å². The normalized spacial score (nSPS) is 33.3. The third-order valence-corrected chi connectivity index (χ3v) is 6.43. The number of aldehydes is 1. The second-order valence-electron chi connectivity index (χ2n) is 9.16. The van der Waals surface area contributed by atoms with Gasteiger partial charge in [0, 0.05) is 25.2 Å². The van der Waals surface area contributed by atoms with Crippen LogP contribution < -0.4 is 0 Å². The molecule has 1 saturated carbocycles. The summed E-state index contributed by atoms with van der Waals surface area (Å²) in [5.74, 6) is -1.94. The SMILES string of the molecule is CO[C@]1(C)OC(=O)[C@H](C)c2c([C@@]3(C)CCCC(C)(C)C3)ccc(C=O)c21. The van der Waals surface area contributed by atoms with Crippen molar-refractivity contribution in [2.75, 3.05) is 7.11 Å². The fraction of sp³-hybridized carbons (Fsp3) is 0.636. The van der Waals surface area contributed by atoms with Crippen molar-refractivity contribution < 1.29 is 19.1 Å². The lowest BCUT2D eigenvalue weighted by molar-refractivity contribution is -0.226. The predicted octanol–water partition coefficient (Wildman–Crippen LogP) is 4.84. The van der Waals surface area contributed by atoms with E-state index in [2.05, 4.69) is 26.8 Å². The van der Waals surface area contributed by atoms with E-state index in [0.717, 1.165) is 31.1 Å². The molecule has 0 spiro atoms. The third kappa shape index (κ3) is 2.88. The Morgan fingerprint density at radius 2 is 1.88 bits per heavy atom. The van der Waals surface area contributed by atoms with Crippen molar-refractivity contribution >= 4 is 12.3 Å². The van der Waals surface area contributed by atoms with E-state index in [1.807, 2.05) is 13.0 Å². The Bertz CT molecular complexity index is 751. The highest BCUT2D eigenvalue weighted by atomic mass is 16.7. The average Bonchev–Trinajstić information content (AvgIpc) is 2.57. The maximum absolute atomic E-state index is 12.6. The molecule has 0 radical (unpaired) electrons. The molecule has 2 aliphatic rings. The van der Waals surface area contributed by atoms with Crippen molar-refractivity contribution in [3.63, 3.8) is 0 Å². The Morgan fingerprint density at radius 3 is 2.46 bits per heavy atom. The maximum atomic E-state index is 12.6. The van der Waals surface area contributed by atoms with Crippen LogP contribution in [0.15, 0.2) is 12.1 Å². The van der Waals surface area contributed by atoms with E-state index in [1.54, 1.807) is 6.92 Å². The highest BCUT2D eigenvalue weighted by molar-refractivity contribution is 5.86. The number of benzene rings is 1. The highest BCUT2D eigenvalue weighted by Crippen LogP contribution is 2.52. The van der Waals surface area contributed by atoms with E-state index in [0.29, 0.717) is 11.1 Å². The summed E-state index contributed by atoms with van der Waals surface area (Å²) in [4.78, 5) is 24.4. The van der Waals surface area contributed by atoms with Crippen LogP contribution in [-0.4, -0.2) is 19.4 Å². The van der Waals surface area contributed by atoms with Gasteiger partial charge in [-0.2, -0.15) is 0 Å². The molecule has 4 nitrogen and oxygen atoms in total. The van der Waals surface area contributed by atoms with Gasteiger partial charge in [-0.05, 0) is 48.1 Å². The van der Waals surface area contributed by atoms with E-state index in [-0.39, 0.29) is 16.8 Å². The largest absolute Gasteiger partial charge is 0.428 e. The molecule has 0 amide bonds. The minimum absolute atomic E-state index is 0.0339. The van der Waals surface area contributed by atoms with E-state index >= 15 is 0 Å². The zero-order chi connectivity index (χ0) is 19.3. The summed E-state index contributed by atoms with van der Waals surface area (Å²) in [6.45, 7) is 10.5. The number of carbonyl (C=O) groups is 2. The number of cyclic esters (lactones) is 1. The number of methoxy groups -OCH3 is 1. The van der Waals surface area contributed by atoms with E-state index in [4.69, 9.17) is 9.47 Å². The van der Waals surface area contributed by atoms with Crippen molar-refractivity contribution in [3.8, 4) is 0 Å². The van der Waals surface area contributed by atoms with Gasteiger partial charge in [0.2, 0.25) is 5.79 Å². The number of rotatable bonds is 3. The molecule has 1 aliphatic heterocycles. The van der Waals surface area contributed by atoms with Crippen LogP contribution in [0.4, 0.5) is 0 Å². The fourth-order valence-electron chi connectivity index (χ4n) is 5.23. The van der Waals surface area contributed by atoms with Gasteiger partial charge in [-0.1, -0.05) is 39.3 Å². The lowest BCUT2D eigenvalue weighted by Gasteiger charge is -2.46. The van der Waals surface area contributed by atoms with Gasteiger partial charge in [0.1, 0.15) is 0 Å². The molecule has 142 valence electrons. The lowest BCUT2D eigenvalue weighted by atomic mass is 9.60. The van der Waals surface area contributed by atoms with Crippen LogP contribution in [0.1, 0.15) is 93.3 Å². The summed E-state index contributed by atoms with van der Waals surface area (Å²) in [5.41, 5.74) is 3.56. The smallest absolute Gasteiger partial charge is 0.315 e. The van der Waals surface area contributed by atoms with Crippen LogP contribution >= 0.6 is 0 Å². The topological polar surface area (TPSA) is 52.6 Å². The molecule has 26 heavy (non-hydrogen) atoms. The second-order valence-corrected chi connectivity index (χ2v) is 9.16. The molecule has 0 unspecified atom stereocenters. The Morgan fingerprint density at radius 1 is 1.19 bits per heavy atom. The Balaban J connectivity index is 2.28. The molecule has 0 saturated heterocycles. The van der Waals surface area contributed by atoms with Gasteiger partial charge in [0.05, 0.1) is 5.92 Å². The van der Waals surface area contributed by atoms with Crippen LogP contribution in [0.2, 0.25) is 0 Å². The molecular weight excluding hydrogens is 328 g/mol. The van der Waals surface area contributed by atoms with Crippen molar-refractivity contribution in [1.82, 2.24) is 0 Å². The first kappa shape index (κ1) is 19.1. The van der Waals surface area contributed by atoms with E-state index in [9.17, 15) is 9.59 Å². The molecule has 1 aliphatic carbocycles. The molecule has 0 bridgehead atoms. The molecule has 1 aromatic rings. The number of esters is 1. The molecule has 3 atom stereocenters. The minimum Gasteiger partial charge on any atom is -0.428 e. The van der Waals surface area contributed by atoms with Gasteiger partial charge in [-0.25, -0.2) is 0 Å². The molecule has 0 aromatic heterocycles. The van der Waals surface area contributed by atoms with Crippen molar-refractivity contribution in [2.45, 2.75) is 77.4 Å². The van der Waals surface area contributed by atoms with Gasteiger partial charge >= 0.3 is 5.97 Å².